The van der Waals surface area contributed by atoms with E-state index in [1.165, 1.54) is 19.2 Å². The number of carbonyl (C=O) groups excluding carboxylic acids is 1. The van der Waals surface area contributed by atoms with Crippen molar-refractivity contribution in [1.29, 1.82) is 0 Å². The molecule has 6 nitrogen and oxygen atoms in total. The van der Waals surface area contributed by atoms with Gasteiger partial charge in [-0.25, -0.2) is 13.1 Å². The average molecular weight is 307 g/mol. The highest BCUT2D eigenvalue weighted by atomic mass is 32.2. The predicted molar refractivity (Wildman–Crippen MR) is 80.8 cm³/mol. The molecule has 0 aliphatic rings. The zero-order valence-corrected chi connectivity index (χ0v) is 12.9. The minimum absolute atomic E-state index is 0.104. The summed E-state index contributed by atoms with van der Waals surface area (Å²) in [5.74, 6) is -0.271. The molecular weight excluding hydrogens is 290 g/mol. The Morgan fingerprint density at radius 1 is 1.24 bits per heavy atom. The van der Waals surface area contributed by atoms with Crippen LogP contribution < -0.4 is 10.0 Å². The summed E-state index contributed by atoms with van der Waals surface area (Å²) in [4.78, 5) is 12.3. The Morgan fingerprint density at radius 3 is 2.52 bits per heavy atom. The van der Waals surface area contributed by atoms with Crippen LogP contribution in [0.25, 0.3) is 0 Å². The molecule has 0 spiro atoms. The molecule has 0 bridgehead atoms. The normalized spacial score (nSPS) is 11.4. The molecule has 0 fully saturated rings. The Hall–Kier alpha value is -2.12. The van der Waals surface area contributed by atoms with Crippen molar-refractivity contribution in [2.45, 2.75) is 11.8 Å². The molecule has 1 aromatic carbocycles. The number of anilines is 1. The van der Waals surface area contributed by atoms with Gasteiger partial charge in [-0.05, 0) is 38.2 Å². The van der Waals surface area contributed by atoms with Gasteiger partial charge < -0.3 is 9.88 Å². The van der Waals surface area contributed by atoms with E-state index in [0.29, 0.717) is 11.3 Å². The Morgan fingerprint density at radius 2 is 1.95 bits per heavy atom. The average Bonchev–Trinajstić information content (AvgIpc) is 2.79. The van der Waals surface area contributed by atoms with Crippen LogP contribution >= 0.6 is 0 Å². The molecule has 0 aliphatic heterocycles. The van der Waals surface area contributed by atoms with Gasteiger partial charge in [0.2, 0.25) is 10.0 Å². The first kappa shape index (κ1) is 15.3. The minimum Gasteiger partial charge on any atom is -0.354 e. The molecule has 0 aliphatic carbocycles. The lowest BCUT2D eigenvalue weighted by Gasteiger charge is -2.08. The van der Waals surface area contributed by atoms with E-state index in [0.717, 1.165) is 5.69 Å². The summed E-state index contributed by atoms with van der Waals surface area (Å²) in [5, 5.41) is 2.70. The van der Waals surface area contributed by atoms with E-state index < -0.39 is 10.0 Å². The molecule has 0 unspecified atom stereocenters. The summed E-state index contributed by atoms with van der Waals surface area (Å²) in [6.45, 7) is 1.84. The third kappa shape index (κ3) is 3.14. The van der Waals surface area contributed by atoms with Crippen molar-refractivity contribution in [1.82, 2.24) is 9.29 Å². The molecule has 0 atom stereocenters. The lowest BCUT2D eigenvalue weighted by Crippen LogP contribution is -2.19. The number of hydrogen-bond donors (Lipinski definition) is 2. The van der Waals surface area contributed by atoms with Gasteiger partial charge in [-0.15, -0.1) is 0 Å². The predicted octanol–water partition coefficient (Wildman–Crippen LogP) is 1.49. The van der Waals surface area contributed by atoms with Gasteiger partial charge in [0.05, 0.1) is 10.5 Å². The molecule has 1 aromatic heterocycles. The number of nitrogens with one attached hydrogen (secondary N) is 2. The van der Waals surface area contributed by atoms with E-state index in [9.17, 15) is 13.2 Å². The highest BCUT2D eigenvalue weighted by Crippen LogP contribution is 2.17. The van der Waals surface area contributed by atoms with Gasteiger partial charge in [0.15, 0.2) is 0 Å². The van der Waals surface area contributed by atoms with Crippen molar-refractivity contribution in [2.75, 3.05) is 12.4 Å². The van der Waals surface area contributed by atoms with E-state index >= 15 is 0 Å². The summed E-state index contributed by atoms with van der Waals surface area (Å²) in [5.41, 5.74) is 1.82. The standard InChI is InChI=1S/C14H17N3O3S/c1-10-13(7-8-17(10)3)14(18)16-11-5-4-6-12(9-11)21(19,20)15-2/h4-9,15H,1-3H3,(H,16,18). The third-order valence-electron chi connectivity index (χ3n) is 3.30. The first-order valence-corrected chi connectivity index (χ1v) is 7.80. The second-order valence-corrected chi connectivity index (χ2v) is 6.50. The van der Waals surface area contributed by atoms with Crippen molar-refractivity contribution in [3.05, 3.63) is 47.8 Å². The summed E-state index contributed by atoms with van der Waals surface area (Å²) in [6.07, 6.45) is 1.80. The van der Waals surface area contributed by atoms with Crippen LogP contribution in [-0.4, -0.2) is 25.9 Å². The molecule has 0 saturated carbocycles. The van der Waals surface area contributed by atoms with Crippen LogP contribution in [0, 0.1) is 6.92 Å². The van der Waals surface area contributed by atoms with Gasteiger partial charge in [0.25, 0.3) is 5.91 Å². The van der Waals surface area contributed by atoms with Crippen LogP contribution in [0.15, 0.2) is 41.4 Å². The third-order valence-corrected chi connectivity index (χ3v) is 4.71. The molecule has 2 N–H and O–H groups in total. The minimum atomic E-state index is -3.53. The first-order valence-electron chi connectivity index (χ1n) is 6.32. The van der Waals surface area contributed by atoms with Gasteiger partial charge in [-0.1, -0.05) is 6.07 Å². The maximum Gasteiger partial charge on any atom is 0.257 e. The molecule has 0 saturated heterocycles. The van der Waals surface area contributed by atoms with Gasteiger partial charge in [0.1, 0.15) is 0 Å². The van der Waals surface area contributed by atoms with E-state index in [1.807, 2.05) is 18.5 Å². The highest BCUT2D eigenvalue weighted by molar-refractivity contribution is 7.89. The lowest BCUT2D eigenvalue weighted by molar-refractivity contribution is 0.102. The lowest BCUT2D eigenvalue weighted by atomic mass is 10.2. The second kappa shape index (κ2) is 5.71. The SMILES string of the molecule is CNS(=O)(=O)c1cccc(NC(=O)c2ccn(C)c2C)c1. The number of hydrogen-bond acceptors (Lipinski definition) is 3. The number of sulfonamides is 1. The molecule has 1 amide bonds. The Bertz CT molecular complexity index is 779. The Kier molecular flexibility index (Phi) is 4.15. The number of amides is 1. The fraction of sp³-hybridized carbons (Fsp3) is 0.214. The Balaban J connectivity index is 2.27. The molecule has 1 heterocycles. The van der Waals surface area contributed by atoms with Gasteiger partial charge in [0, 0.05) is 24.6 Å². The number of nitrogens with zero attached hydrogens (tertiary/aromatic N) is 1. The van der Waals surface area contributed by atoms with E-state index in [4.69, 9.17) is 0 Å². The summed E-state index contributed by atoms with van der Waals surface area (Å²) in [7, 11) is -0.336. The molecule has 2 aromatic rings. The van der Waals surface area contributed by atoms with Crippen LogP contribution in [0.4, 0.5) is 5.69 Å². The molecule has 7 heteroatoms. The second-order valence-electron chi connectivity index (χ2n) is 4.62. The maximum absolute atomic E-state index is 12.2. The van der Waals surface area contributed by atoms with Gasteiger partial charge in [-0.3, -0.25) is 4.79 Å². The van der Waals surface area contributed by atoms with Crippen molar-refractivity contribution in [3.8, 4) is 0 Å². The fourth-order valence-electron chi connectivity index (χ4n) is 1.91. The van der Waals surface area contributed by atoms with Gasteiger partial charge in [-0.2, -0.15) is 0 Å². The Labute approximate surface area is 123 Å². The van der Waals surface area contributed by atoms with E-state index in [-0.39, 0.29) is 10.8 Å². The quantitative estimate of drug-likeness (QED) is 0.898. The first-order chi connectivity index (χ1) is 9.85. The highest BCUT2D eigenvalue weighted by Gasteiger charge is 2.14. The number of benzene rings is 1. The molecular formula is C14H17N3O3S. The van der Waals surface area contributed by atoms with Crippen LogP contribution in [-0.2, 0) is 17.1 Å². The van der Waals surface area contributed by atoms with E-state index in [2.05, 4.69) is 10.0 Å². The van der Waals surface area contributed by atoms with Crippen LogP contribution in [0.5, 0.6) is 0 Å². The van der Waals surface area contributed by atoms with Gasteiger partial charge >= 0.3 is 0 Å². The van der Waals surface area contributed by atoms with Crippen molar-refractivity contribution in [2.24, 2.45) is 7.05 Å². The summed E-state index contributed by atoms with van der Waals surface area (Å²) < 4.78 is 27.6. The number of aryl methyl sites for hydroxylation is 1. The topological polar surface area (TPSA) is 80.2 Å². The molecule has 112 valence electrons. The zero-order chi connectivity index (χ0) is 15.6. The molecule has 0 radical (unpaired) electrons. The van der Waals surface area contributed by atoms with Crippen molar-refractivity contribution < 1.29 is 13.2 Å². The number of aromatic nitrogens is 1. The zero-order valence-electron chi connectivity index (χ0n) is 12.0. The largest absolute Gasteiger partial charge is 0.354 e. The summed E-state index contributed by atoms with van der Waals surface area (Å²) in [6, 6.07) is 7.83. The maximum atomic E-state index is 12.2. The smallest absolute Gasteiger partial charge is 0.257 e. The van der Waals surface area contributed by atoms with Crippen LogP contribution in [0.1, 0.15) is 16.1 Å². The van der Waals surface area contributed by atoms with Crippen molar-refractivity contribution >= 4 is 21.6 Å². The molecule has 2 rings (SSSR count). The van der Waals surface area contributed by atoms with Crippen molar-refractivity contribution in [3.63, 3.8) is 0 Å². The molecule has 21 heavy (non-hydrogen) atoms. The van der Waals surface area contributed by atoms with Crippen LogP contribution in [0.3, 0.4) is 0 Å². The summed E-state index contributed by atoms with van der Waals surface area (Å²) >= 11 is 0. The fourth-order valence-corrected chi connectivity index (χ4v) is 2.68. The van der Waals surface area contributed by atoms with Crippen LogP contribution in [0.2, 0.25) is 0 Å². The number of rotatable bonds is 4. The number of carbonyl (C=O) groups is 1. The monoisotopic (exact) mass is 307 g/mol. The van der Waals surface area contributed by atoms with E-state index in [1.54, 1.807) is 24.4 Å².